The number of methoxy groups -OCH3 is 1. The lowest BCUT2D eigenvalue weighted by Gasteiger charge is -2.18. The minimum atomic E-state index is -0.0550. The summed E-state index contributed by atoms with van der Waals surface area (Å²) in [4.78, 5) is 12.5. The fourth-order valence-corrected chi connectivity index (χ4v) is 3.76. The second-order valence-corrected chi connectivity index (χ2v) is 6.43. The maximum Gasteiger partial charge on any atom is 0.241 e. The van der Waals surface area contributed by atoms with Crippen LogP contribution in [-0.4, -0.2) is 25.6 Å². The number of ether oxygens (including phenoxy) is 1. The summed E-state index contributed by atoms with van der Waals surface area (Å²) in [5.41, 5.74) is 0.762. The van der Waals surface area contributed by atoms with Crippen molar-refractivity contribution in [1.82, 2.24) is 5.32 Å². The zero-order valence-electron chi connectivity index (χ0n) is 11.5. The highest BCUT2D eigenvalue weighted by molar-refractivity contribution is 9.10. The maximum atomic E-state index is 12.5. The van der Waals surface area contributed by atoms with Crippen LogP contribution >= 0.6 is 15.9 Å². The van der Waals surface area contributed by atoms with Gasteiger partial charge in [-0.25, -0.2) is 0 Å². The average molecular weight is 339 g/mol. The van der Waals surface area contributed by atoms with E-state index in [1.165, 1.54) is 12.8 Å². The van der Waals surface area contributed by atoms with Gasteiger partial charge in [-0.3, -0.25) is 4.79 Å². The van der Waals surface area contributed by atoms with Crippen LogP contribution < -0.4 is 15.4 Å². The Hall–Kier alpha value is -1.07. The van der Waals surface area contributed by atoms with Crippen molar-refractivity contribution in [2.45, 2.75) is 25.3 Å². The predicted molar refractivity (Wildman–Crippen MR) is 81.9 cm³/mol. The van der Waals surface area contributed by atoms with Gasteiger partial charge in [0.2, 0.25) is 5.91 Å². The zero-order valence-corrected chi connectivity index (χ0v) is 13.1. The van der Waals surface area contributed by atoms with E-state index in [2.05, 4.69) is 26.6 Å². The van der Waals surface area contributed by atoms with Crippen LogP contribution in [0.3, 0.4) is 0 Å². The van der Waals surface area contributed by atoms with Crippen LogP contribution in [0.2, 0.25) is 0 Å². The Labute approximate surface area is 127 Å². The van der Waals surface area contributed by atoms with Crippen molar-refractivity contribution in [1.29, 1.82) is 0 Å². The van der Waals surface area contributed by atoms with Crippen molar-refractivity contribution in [2.75, 3.05) is 19.0 Å². The molecule has 0 aromatic heterocycles. The summed E-state index contributed by atoms with van der Waals surface area (Å²) in [5.74, 6) is 1.98. The van der Waals surface area contributed by atoms with E-state index >= 15 is 0 Å². The molecule has 3 unspecified atom stereocenters. The number of anilines is 1. The van der Waals surface area contributed by atoms with Gasteiger partial charge >= 0.3 is 0 Å². The standard InChI is InChI=1S/C15H19BrN2O2/c1-20-10-5-6-12(16)13(7-10)18-15(19)14-11-4-2-3-9(11)8-17-14/h5-7,9,11,14,17H,2-4,8H2,1H3,(H,18,19). The van der Waals surface area contributed by atoms with Crippen molar-refractivity contribution in [3.05, 3.63) is 22.7 Å². The minimum absolute atomic E-state index is 0.0550. The van der Waals surface area contributed by atoms with E-state index in [4.69, 9.17) is 4.74 Å². The number of hydrogen-bond acceptors (Lipinski definition) is 3. The Kier molecular flexibility index (Phi) is 3.98. The Morgan fingerprint density at radius 2 is 2.30 bits per heavy atom. The lowest BCUT2D eigenvalue weighted by atomic mass is 9.93. The van der Waals surface area contributed by atoms with Crippen molar-refractivity contribution in [3.8, 4) is 5.75 Å². The van der Waals surface area contributed by atoms with Gasteiger partial charge in [0.05, 0.1) is 18.8 Å². The van der Waals surface area contributed by atoms with E-state index in [9.17, 15) is 4.79 Å². The first-order valence-corrected chi connectivity index (χ1v) is 7.86. The molecule has 0 radical (unpaired) electrons. The Bertz CT molecular complexity index is 521. The van der Waals surface area contributed by atoms with Crippen molar-refractivity contribution in [3.63, 3.8) is 0 Å². The second-order valence-electron chi connectivity index (χ2n) is 5.58. The highest BCUT2D eigenvalue weighted by Gasteiger charge is 2.42. The zero-order chi connectivity index (χ0) is 14.1. The first kappa shape index (κ1) is 13.9. The highest BCUT2D eigenvalue weighted by Crippen LogP contribution is 2.38. The van der Waals surface area contributed by atoms with E-state index in [1.807, 2.05) is 18.2 Å². The fraction of sp³-hybridized carbons (Fsp3) is 0.533. The highest BCUT2D eigenvalue weighted by atomic mass is 79.9. The van der Waals surface area contributed by atoms with Gasteiger partial charge in [-0.05, 0) is 59.3 Å². The Morgan fingerprint density at radius 3 is 3.10 bits per heavy atom. The summed E-state index contributed by atoms with van der Waals surface area (Å²) in [5, 5.41) is 6.38. The number of benzene rings is 1. The predicted octanol–water partition coefficient (Wildman–Crippen LogP) is 2.78. The van der Waals surface area contributed by atoms with Crippen LogP contribution in [0, 0.1) is 11.8 Å². The van der Waals surface area contributed by atoms with E-state index in [1.54, 1.807) is 7.11 Å². The third kappa shape index (κ3) is 2.56. The SMILES string of the molecule is COc1ccc(Br)c(NC(=O)C2NCC3CCCC32)c1. The molecule has 1 saturated carbocycles. The molecular weight excluding hydrogens is 320 g/mol. The number of halogens is 1. The Balaban J connectivity index is 1.73. The number of rotatable bonds is 3. The lowest BCUT2D eigenvalue weighted by Crippen LogP contribution is -2.39. The third-order valence-electron chi connectivity index (χ3n) is 4.46. The first-order chi connectivity index (χ1) is 9.69. The summed E-state index contributed by atoms with van der Waals surface area (Å²) in [7, 11) is 1.62. The molecule has 2 aliphatic rings. The van der Waals surface area contributed by atoms with Crippen LogP contribution in [0.25, 0.3) is 0 Å². The van der Waals surface area contributed by atoms with Gasteiger partial charge in [-0.15, -0.1) is 0 Å². The monoisotopic (exact) mass is 338 g/mol. The van der Waals surface area contributed by atoms with Crippen LogP contribution in [0.4, 0.5) is 5.69 Å². The molecule has 3 rings (SSSR count). The van der Waals surface area contributed by atoms with Crippen LogP contribution in [0.5, 0.6) is 5.75 Å². The molecule has 0 spiro atoms. The van der Waals surface area contributed by atoms with Gasteiger partial charge in [0.1, 0.15) is 5.75 Å². The number of nitrogens with one attached hydrogen (secondary N) is 2. The van der Waals surface area contributed by atoms with Crippen molar-refractivity contribution < 1.29 is 9.53 Å². The molecule has 1 aliphatic heterocycles. The topological polar surface area (TPSA) is 50.4 Å². The summed E-state index contributed by atoms with van der Waals surface area (Å²) in [6.07, 6.45) is 3.67. The van der Waals surface area contributed by atoms with Crippen molar-refractivity contribution in [2.24, 2.45) is 11.8 Å². The average Bonchev–Trinajstić information content (AvgIpc) is 3.03. The number of fused-ring (bicyclic) bond motifs is 1. The first-order valence-electron chi connectivity index (χ1n) is 7.07. The van der Waals surface area contributed by atoms with Gasteiger partial charge in [0, 0.05) is 10.5 Å². The number of carbonyl (C=O) groups is 1. The maximum absolute atomic E-state index is 12.5. The van der Waals surface area contributed by atoms with Crippen LogP contribution in [-0.2, 0) is 4.79 Å². The summed E-state index contributed by atoms with van der Waals surface area (Å²) < 4.78 is 6.07. The second kappa shape index (κ2) is 5.74. The molecule has 1 amide bonds. The number of carbonyl (C=O) groups excluding carboxylic acids is 1. The molecule has 20 heavy (non-hydrogen) atoms. The summed E-state index contributed by atoms with van der Waals surface area (Å²) >= 11 is 3.46. The molecule has 108 valence electrons. The van der Waals surface area contributed by atoms with Gasteiger partial charge in [-0.2, -0.15) is 0 Å². The molecule has 3 atom stereocenters. The van der Waals surface area contributed by atoms with Gasteiger partial charge in [-0.1, -0.05) is 6.42 Å². The summed E-state index contributed by atoms with van der Waals surface area (Å²) in [6, 6.07) is 5.53. The van der Waals surface area contributed by atoms with Crippen LogP contribution in [0.1, 0.15) is 19.3 Å². The smallest absolute Gasteiger partial charge is 0.241 e. The normalized spacial score (nSPS) is 28.2. The molecule has 5 heteroatoms. The largest absolute Gasteiger partial charge is 0.497 e. The van der Waals surface area contributed by atoms with Gasteiger partial charge < -0.3 is 15.4 Å². The minimum Gasteiger partial charge on any atom is -0.497 e. The van der Waals surface area contributed by atoms with E-state index in [0.29, 0.717) is 11.8 Å². The van der Waals surface area contributed by atoms with E-state index in [-0.39, 0.29) is 11.9 Å². The van der Waals surface area contributed by atoms with Gasteiger partial charge in [0.15, 0.2) is 0 Å². The molecule has 2 N–H and O–H groups in total. The molecule has 2 fully saturated rings. The molecular formula is C15H19BrN2O2. The number of hydrogen-bond donors (Lipinski definition) is 2. The molecule has 1 heterocycles. The van der Waals surface area contributed by atoms with Crippen molar-refractivity contribution >= 4 is 27.5 Å². The van der Waals surface area contributed by atoms with Crippen LogP contribution in [0.15, 0.2) is 22.7 Å². The molecule has 1 aliphatic carbocycles. The summed E-state index contributed by atoms with van der Waals surface area (Å²) in [6.45, 7) is 0.974. The van der Waals surface area contributed by atoms with Gasteiger partial charge in [0.25, 0.3) is 0 Å². The van der Waals surface area contributed by atoms with E-state index < -0.39 is 0 Å². The molecule has 1 aromatic carbocycles. The lowest BCUT2D eigenvalue weighted by molar-refractivity contribution is -0.118. The quantitative estimate of drug-likeness (QED) is 0.890. The molecule has 1 saturated heterocycles. The molecule has 0 bridgehead atoms. The third-order valence-corrected chi connectivity index (χ3v) is 5.15. The Morgan fingerprint density at radius 1 is 1.45 bits per heavy atom. The molecule has 4 nitrogen and oxygen atoms in total. The fourth-order valence-electron chi connectivity index (χ4n) is 3.41. The number of amides is 1. The molecule has 1 aromatic rings. The van der Waals surface area contributed by atoms with E-state index in [0.717, 1.165) is 28.9 Å².